The maximum atomic E-state index is 12.7. The second kappa shape index (κ2) is 8.28. The van der Waals surface area contributed by atoms with E-state index in [0.717, 1.165) is 33.8 Å². The molecule has 0 unspecified atom stereocenters. The average Bonchev–Trinajstić information content (AvgIpc) is 3.16. The standard InChI is InChI=1S/C27H21N3O/c31-27(25-15-8-12-21-11-4-5-13-23(21)25)29-28-17-22-19-30(18-20-9-2-1-3-10-20)26-16-7-6-14-24(22)26/h1-17,19H,18H2,(H,29,31)/b28-17-. The molecule has 4 aromatic carbocycles. The summed E-state index contributed by atoms with van der Waals surface area (Å²) in [6, 6.07) is 32.1. The van der Waals surface area contributed by atoms with Crippen LogP contribution in [0.5, 0.6) is 0 Å². The van der Waals surface area contributed by atoms with Crippen LogP contribution in [-0.2, 0) is 6.54 Å². The number of benzene rings is 4. The Labute approximate surface area is 180 Å². The molecule has 0 aliphatic carbocycles. The van der Waals surface area contributed by atoms with Gasteiger partial charge in [-0.2, -0.15) is 5.10 Å². The first-order chi connectivity index (χ1) is 15.3. The van der Waals surface area contributed by atoms with Gasteiger partial charge in [0.15, 0.2) is 0 Å². The highest BCUT2D eigenvalue weighted by Gasteiger charge is 2.10. The van der Waals surface area contributed by atoms with Crippen LogP contribution in [0.2, 0.25) is 0 Å². The van der Waals surface area contributed by atoms with Gasteiger partial charge < -0.3 is 4.57 Å². The van der Waals surface area contributed by atoms with E-state index in [0.29, 0.717) is 5.56 Å². The van der Waals surface area contributed by atoms with Gasteiger partial charge in [0.1, 0.15) is 0 Å². The van der Waals surface area contributed by atoms with Gasteiger partial charge in [0.2, 0.25) is 0 Å². The number of aromatic nitrogens is 1. The molecule has 4 nitrogen and oxygen atoms in total. The van der Waals surface area contributed by atoms with Crippen LogP contribution in [0.25, 0.3) is 21.7 Å². The minimum atomic E-state index is -0.221. The largest absolute Gasteiger partial charge is 0.342 e. The van der Waals surface area contributed by atoms with Crippen LogP contribution in [0.1, 0.15) is 21.5 Å². The number of para-hydroxylation sites is 1. The van der Waals surface area contributed by atoms with Crippen molar-refractivity contribution >= 4 is 33.8 Å². The molecule has 0 aliphatic rings. The predicted molar refractivity (Wildman–Crippen MR) is 126 cm³/mol. The SMILES string of the molecule is O=C(N/N=C\c1cn(Cc2ccccc2)c2ccccc12)c1cccc2ccccc12. The molecule has 1 amide bonds. The van der Waals surface area contributed by atoms with Crippen molar-refractivity contribution in [1.29, 1.82) is 0 Å². The third-order valence-corrected chi connectivity index (χ3v) is 5.42. The van der Waals surface area contributed by atoms with Crippen molar-refractivity contribution in [1.82, 2.24) is 9.99 Å². The second-order valence-electron chi connectivity index (χ2n) is 7.44. The highest BCUT2D eigenvalue weighted by atomic mass is 16.2. The van der Waals surface area contributed by atoms with Gasteiger partial charge in [-0.15, -0.1) is 0 Å². The Hall–Kier alpha value is -4.18. The van der Waals surface area contributed by atoms with Gasteiger partial charge in [0, 0.05) is 34.8 Å². The first kappa shape index (κ1) is 18.8. The topological polar surface area (TPSA) is 46.4 Å². The third-order valence-electron chi connectivity index (χ3n) is 5.42. The molecule has 5 rings (SSSR count). The van der Waals surface area contributed by atoms with E-state index in [-0.39, 0.29) is 5.91 Å². The maximum absolute atomic E-state index is 12.7. The summed E-state index contributed by atoms with van der Waals surface area (Å²) >= 11 is 0. The molecule has 1 aromatic heterocycles. The number of hydrogen-bond donors (Lipinski definition) is 1. The summed E-state index contributed by atoms with van der Waals surface area (Å²) in [7, 11) is 0. The van der Waals surface area contributed by atoms with Crippen LogP contribution in [-0.4, -0.2) is 16.7 Å². The van der Waals surface area contributed by atoms with Crippen molar-refractivity contribution in [2.45, 2.75) is 6.54 Å². The Morgan fingerprint density at radius 1 is 0.806 bits per heavy atom. The molecule has 0 spiro atoms. The molecule has 4 heteroatoms. The number of carbonyl (C=O) groups excluding carboxylic acids is 1. The van der Waals surface area contributed by atoms with Gasteiger partial charge >= 0.3 is 0 Å². The lowest BCUT2D eigenvalue weighted by Crippen LogP contribution is -2.17. The van der Waals surface area contributed by atoms with Crippen LogP contribution in [0.4, 0.5) is 0 Å². The van der Waals surface area contributed by atoms with Gasteiger partial charge in [0.25, 0.3) is 5.91 Å². The smallest absolute Gasteiger partial charge is 0.271 e. The van der Waals surface area contributed by atoms with E-state index in [1.807, 2.05) is 72.8 Å². The Balaban J connectivity index is 1.41. The van der Waals surface area contributed by atoms with Crippen LogP contribution < -0.4 is 5.43 Å². The van der Waals surface area contributed by atoms with E-state index < -0.39 is 0 Å². The van der Waals surface area contributed by atoms with E-state index in [4.69, 9.17) is 0 Å². The van der Waals surface area contributed by atoms with Crippen molar-refractivity contribution in [2.24, 2.45) is 5.10 Å². The molecular weight excluding hydrogens is 382 g/mol. The van der Waals surface area contributed by atoms with Crippen molar-refractivity contribution in [2.75, 3.05) is 0 Å². The number of fused-ring (bicyclic) bond motifs is 2. The van der Waals surface area contributed by atoms with Crippen molar-refractivity contribution < 1.29 is 4.79 Å². The second-order valence-corrected chi connectivity index (χ2v) is 7.44. The molecule has 5 aromatic rings. The zero-order chi connectivity index (χ0) is 21.0. The molecule has 0 saturated heterocycles. The van der Waals surface area contributed by atoms with Crippen LogP contribution in [0.15, 0.2) is 108 Å². The van der Waals surface area contributed by atoms with E-state index in [1.54, 1.807) is 6.21 Å². The highest BCUT2D eigenvalue weighted by Crippen LogP contribution is 2.21. The number of hydrogen-bond acceptors (Lipinski definition) is 2. The lowest BCUT2D eigenvalue weighted by Gasteiger charge is -2.05. The lowest BCUT2D eigenvalue weighted by molar-refractivity contribution is 0.0957. The summed E-state index contributed by atoms with van der Waals surface area (Å²) in [5.41, 5.74) is 6.62. The zero-order valence-corrected chi connectivity index (χ0v) is 16.9. The summed E-state index contributed by atoms with van der Waals surface area (Å²) in [6.45, 7) is 0.775. The van der Waals surface area contributed by atoms with E-state index in [1.165, 1.54) is 5.56 Å². The summed E-state index contributed by atoms with van der Waals surface area (Å²) in [5, 5.41) is 7.30. The van der Waals surface area contributed by atoms with Crippen LogP contribution in [0, 0.1) is 0 Å². The van der Waals surface area contributed by atoms with Gasteiger partial charge in [-0.25, -0.2) is 5.43 Å². The third kappa shape index (κ3) is 3.83. The Morgan fingerprint density at radius 3 is 2.39 bits per heavy atom. The molecule has 0 bridgehead atoms. The molecule has 0 saturated carbocycles. The monoisotopic (exact) mass is 403 g/mol. The fourth-order valence-corrected chi connectivity index (χ4v) is 3.93. The van der Waals surface area contributed by atoms with Gasteiger partial charge in [-0.3, -0.25) is 4.79 Å². The fourth-order valence-electron chi connectivity index (χ4n) is 3.93. The van der Waals surface area contributed by atoms with Crippen molar-refractivity contribution in [3.8, 4) is 0 Å². The number of nitrogens with zero attached hydrogens (tertiary/aromatic N) is 2. The Morgan fingerprint density at radius 2 is 1.52 bits per heavy atom. The lowest BCUT2D eigenvalue weighted by atomic mass is 10.0. The van der Waals surface area contributed by atoms with Crippen molar-refractivity contribution in [3.63, 3.8) is 0 Å². The van der Waals surface area contributed by atoms with Gasteiger partial charge in [0.05, 0.1) is 6.21 Å². The number of rotatable bonds is 5. The normalized spacial score (nSPS) is 11.4. The minimum absolute atomic E-state index is 0.221. The van der Waals surface area contributed by atoms with Gasteiger partial charge in [-0.05, 0) is 28.5 Å². The molecule has 31 heavy (non-hydrogen) atoms. The molecule has 1 N–H and O–H groups in total. The van der Waals surface area contributed by atoms with Crippen molar-refractivity contribution in [3.05, 3.63) is 120 Å². The number of nitrogens with one attached hydrogen (secondary N) is 1. The average molecular weight is 403 g/mol. The Bertz CT molecular complexity index is 1400. The molecule has 0 fully saturated rings. The first-order valence-corrected chi connectivity index (χ1v) is 10.2. The molecular formula is C27H21N3O. The minimum Gasteiger partial charge on any atom is -0.342 e. The summed E-state index contributed by atoms with van der Waals surface area (Å²) in [4.78, 5) is 12.7. The molecule has 150 valence electrons. The zero-order valence-electron chi connectivity index (χ0n) is 16.9. The van der Waals surface area contributed by atoms with E-state index >= 15 is 0 Å². The van der Waals surface area contributed by atoms with Crippen LogP contribution in [0.3, 0.4) is 0 Å². The number of amides is 1. The highest BCUT2D eigenvalue weighted by molar-refractivity contribution is 6.07. The molecule has 0 radical (unpaired) electrons. The maximum Gasteiger partial charge on any atom is 0.271 e. The molecule has 0 aliphatic heterocycles. The summed E-state index contributed by atoms with van der Waals surface area (Å²) in [5.74, 6) is -0.221. The summed E-state index contributed by atoms with van der Waals surface area (Å²) in [6.07, 6.45) is 3.79. The summed E-state index contributed by atoms with van der Waals surface area (Å²) < 4.78 is 2.21. The number of hydrazone groups is 1. The molecule has 0 atom stereocenters. The molecule has 1 heterocycles. The van der Waals surface area contributed by atoms with E-state index in [9.17, 15) is 4.79 Å². The van der Waals surface area contributed by atoms with E-state index in [2.05, 4.69) is 45.6 Å². The quantitative estimate of drug-likeness (QED) is 0.301. The number of carbonyl (C=O) groups is 1. The fraction of sp³-hybridized carbons (Fsp3) is 0.0370. The predicted octanol–water partition coefficient (Wildman–Crippen LogP) is 5.61. The van der Waals surface area contributed by atoms with Gasteiger partial charge in [-0.1, -0.05) is 84.9 Å². The Kier molecular flexibility index (Phi) is 5.03. The van der Waals surface area contributed by atoms with Crippen LogP contribution >= 0.6 is 0 Å². The first-order valence-electron chi connectivity index (χ1n) is 10.2.